The van der Waals surface area contributed by atoms with Gasteiger partial charge in [-0.05, 0) is 37.5 Å². The van der Waals surface area contributed by atoms with E-state index in [2.05, 4.69) is 4.72 Å². The highest BCUT2D eigenvalue weighted by Gasteiger charge is 2.36. The van der Waals surface area contributed by atoms with Gasteiger partial charge in [0, 0.05) is 11.7 Å². The molecule has 1 aliphatic rings. The third-order valence-corrected chi connectivity index (χ3v) is 4.75. The number of nitrogens with one attached hydrogen (secondary N) is 1. The Morgan fingerprint density at radius 3 is 2.69 bits per heavy atom. The number of hydrogen-bond donors (Lipinski definition) is 2. The maximum absolute atomic E-state index is 11.7. The van der Waals surface area contributed by atoms with Crippen molar-refractivity contribution in [3.8, 4) is 0 Å². The zero-order valence-corrected chi connectivity index (χ0v) is 10.00. The lowest BCUT2D eigenvalue weighted by atomic mass is 10.1. The van der Waals surface area contributed by atoms with Crippen molar-refractivity contribution in [1.82, 2.24) is 4.72 Å². The molecule has 1 atom stereocenters. The first kappa shape index (κ1) is 11.4. The second-order valence-electron chi connectivity index (χ2n) is 4.25. The van der Waals surface area contributed by atoms with E-state index in [4.69, 9.17) is 5.73 Å². The van der Waals surface area contributed by atoms with Crippen LogP contribution in [0.3, 0.4) is 0 Å². The minimum Gasteiger partial charge on any atom is -0.399 e. The fraction of sp³-hybridized carbons (Fsp3) is 0.455. The first-order chi connectivity index (χ1) is 7.49. The Bertz CT molecular complexity index is 481. The van der Waals surface area contributed by atoms with Crippen molar-refractivity contribution >= 4 is 15.7 Å². The van der Waals surface area contributed by atoms with Crippen LogP contribution in [-0.2, 0) is 10.0 Å². The second-order valence-corrected chi connectivity index (χ2v) is 6.25. The molecule has 0 aromatic heterocycles. The van der Waals surface area contributed by atoms with Gasteiger partial charge in [-0.3, -0.25) is 0 Å². The second kappa shape index (κ2) is 4.07. The van der Waals surface area contributed by atoms with Crippen LogP contribution in [0, 0.1) is 0 Å². The Kier molecular flexibility index (Phi) is 2.90. The van der Waals surface area contributed by atoms with Crippen molar-refractivity contribution < 1.29 is 8.42 Å². The van der Waals surface area contributed by atoms with Crippen LogP contribution in [0.4, 0.5) is 5.69 Å². The van der Waals surface area contributed by atoms with E-state index < -0.39 is 10.0 Å². The quantitative estimate of drug-likeness (QED) is 0.782. The number of anilines is 1. The van der Waals surface area contributed by atoms with E-state index in [9.17, 15) is 8.42 Å². The van der Waals surface area contributed by atoms with Gasteiger partial charge >= 0.3 is 0 Å². The summed E-state index contributed by atoms with van der Waals surface area (Å²) in [6.45, 7) is 1.83. The zero-order valence-electron chi connectivity index (χ0n) is 9.18. The van der Waals surface area contributed by atoms with Crippen LogP contribution in [0.1, 0.15) is 31.4 Å². The molecule has 88 valence electrons. The number of hydrogen-bond acceptors (Lipinski definition) is 3. The van der Waals surface area contributed by atoms with Gasteiger partial charge in [0.1, 0.15) is 0 Å². The molecule has 1 aromatic rings. The zero-order chi connectivity index (χ0) is 11.8. The molecule has 2 rings (SSSR count). The van der Waals surface area contributed by atoms with Crippen molar-refractivity contribution in [2.24, 2.45) is 0 Å². The highest BCUT2D eigenvalue weighted by atomic mass is 32.2. The van der Waals surface area contributed by atoms with E-state index in [1.165, 1.54) is 0 Å². The topological polar surface area (TPSA) is 72.2 Å². The lowest BCUT2D eigenvalue weighted by Gasteiger charge is -2.14. The van der Waals surface area contributed by atoms with Crippen molar-refractivity contribution in [3.05, 3.63) is 29.8 Å². The maximum Gasteiger partial charge on any atom is 0.215 e. The molecular weight excluding hydrogens is 224 g/mol. The lowest BCUT2D eigenvalue weighted by Crippen LogP contribution is -2.29. The largest absolute Gasteiger partial charge is 0.399 e. The highest BCUT2D eigenvalue weighted by molar-refractivity contribution is 7.90. The van der Waals surface area contributed by atoms with Crippen LogP contribution in [0.15, 0.2) is 24.3 Å². The van der Waals surface area contributed by atoms with Crippen molar-refractivity contribution in [3.63, 3.8) is 0 Å². The van der Waals surface area contributed by atoms with Gasteiger partial charge in [0.05, 0.1) is 5.25 Å². The van der Waals surface area contributed by atoms with Crippen LogP contribution in [-0.4, -0.2) is 13.7 Å². The van der Waals surface area contributed by atoms with Crippen molar-refractivity contribution in [2.75, 3.05) is 5.73 Å². The minimum atomic E-state index is -3.14. The minimum absolute atomic E-state index is 0.184. The van der Waals surface area contributed by atoms with E-state index >= 15 is 0 Å². The summed E-state index contributed by atoms with van der Waals surface area (Å²) < 4.78 is 26.1. The average molecular weight is 240 g/mol. The number of rotatable bonds is 4. The number of benzene rings is 1. The first-order valence-corrected chi connectivity index (χ1v) is 6.90. The molecule has 0 bridgehead atoms. The van der Waals surface area contributed by atoms with Gasteiger partial charge in [0.25, 0.3) is 0 Å². The summed E-state index contributed by atoms with van der Waals surface area (Å²) in [5, 5.41) is -0.184. The van der Waals surface area contributed by atoms with E-state index in [-0.39, 0.29) is 11.3 Å². The molecule has 0 spiro atoms. The summed E-state index contributed by atoms with van der Waals surface area (Å²) in [4.78, 5) is 0. The summed E-state index contributed by atoms with van der Waals surface area (Å²) in [6, 6.07) is 7.04. The van der Waals surface area contributed by atoms with E-state index in [0.29, 0.717) is 5.69 Å². The predicted molar refractivity (Wildman–Crippen MR) is 64.3 cm³/mol. The Morgan fingerprint density at radius 2 is 2.12 bits per heavy atom. The van der Waals surface area contributed by atoms with Crippen LogP contribution < -0.4 is 10.5 Å². The SMILES string of the molecule is CC(NS(=O)(=O)C1CC1)c1cccc(N)c1. The Hall–Kier alpha value is -1.07. The Morgan fingerprint density at radius 1 is 1.44 bits per heavy atom. The molecule has 0 saturated heterocycles. The van der Waals surface area contributed by atoms with Crippen LogP contribution in [0.5, 0.6) is 0 Å². The monoisotopic (exact) mass is 240 g/mol. The Labute approximate surface area is 95.9 Å². The third kappa shape index (κ3) is 2.54. The molecule has 0 heterocycles. The molecule has 5 heteroatoms. The molecule has 3 N–H and O–H groups in total. The molecular formula is C11H16N2O2S. The van der Waals surface area contributed by atoms with Gasteiger partial charge in [-0.15, -0.1) is 0 Å². The van der Waals surface area contributed by atoms with E-state index in [1.54, 1.807) is 12.1 Å². The van der Waals surface area contributed by atoms with Crippen molar-refractivity contribution in [1.29, 1.82) is 0 Å². The first-order valence-electron chi connectivity index (χ1n) is 5.35. The number of nitrogen functional groups attached to an aromatic ring is 1. The average Bonchev–Trinajstić information content (AvgIpc) is 3.00. The number of nitrogens with two attached hydrogens (primary N) is 1. The molecule has 0 amide bonds. The summed E-state index contributed by atoms with van der Waals surface area (Å²) in [5.41, 5.74) is 7.20. The smallest absolute Gasteiger partial charge is 0.215 e. The predicted octanol–water partition coefficient (Wildman–Crippen LogP) is 1.41. The van der Waals surface area contributed by atoms with E-state index in [0.717, 1.165) is 18.4 Å². The van der Waals surface area contributed by atoms with E-state index in [1.807, 2.05) is 19.1 Å². The molecule has 0 radical (unpaired) electrons. The van der Waals surface area contributed by atoms with Gasteiger partial charge in [0.2, 0.25) is 10.0 Å². The summed E-state index contributed by atoms with van der Waals surface area (Å²) >= 11 is 0. The van der Waals surface area contributed by atoms with Crippen LogP contribution in [0.25, 0.3) is 0 Å². The van der Waals surface area contributed by atoms with Gasteiger partial charge in [-0.1, -0.05) is 12.1 Å². The molecule has 1 aromatic carbocycles. The summed E-state index contributed by atoms with van der Waals surface area (Å²) in [7, 11) is -3.14. The maximum atomic E-state index is 11.7. The van der Waals surface area contributed by atoms with Crippen molar-refractivity contribution in [2.45, 2.75) is 31.1 Å². The highest BCUT2D eigenvalue weighted by Crippen LogP contribution is 2.29. The fourth-order valence-corrected chi connectivity index (χ4v) is 3.20. The fourth-order valence-electron chi connectivity index (χ4n) is 1.62. The molecule has 1 aliphatic carbocycles. The standard InChI is InChI=1S/C11H16N2O2S/c1-8(9-3-2-4-10(12)7-9)13-16(14,15)11-5-6-11/h2-4,7-8,11,13H,5-6,12H2,1H3. The molecule has 16 heavy (non-hydrogen) atoms. The van der Waals surface area contributed by atoms with Gasteiger partial charge in [-0.2, -0.15) is 0 Å². The normalized spacial score (nSPS) is 18.3. The molecule has 1 fully saturated rings. The third-order valence-electron chi connectivity index (χ3n) is 2.71. The Balaban J connectivity index is 2.11. The molecule has 4 nitrogen and oxygen atoms in total. The molecule has 0 aliphatic heterocycles. The van der Waals surface area contributed by atoms with Gasteiger partial charge in [-0.25, -0.2) is 13.1 Å². The van der Waals surface area contributed by atoms with Gasteiger partial charge < -0.3 is 5.73 Å². The van der Waals surface area contributed by atoms with Gasteiger partial charge in [0.15, 0.2) is 0 Å². The molecule has 1 saturated carbocycles. The van der Waals surface area contributed by atoms with Crippen LogP contribution >= 0.6 is 0 Å². The van der Waals surface area contributed by atoms with Crippen LogP contribution in [0.2, 0.25) is 0 Å². The number of sulfonamides is 1. The molecule has 1 unspecified atom stereocenters. The summed E-state index contributed by atoms with van der Waals surface area (Å²) in [6.07, 6.45) is 1.55. The lowest BCUT2D eigenvalue weighted by molar-refractivity contribution is 0.565. The summed E-state index contributed by atoms with van der Waals surface area (Å²) in [5.74, 6) is 0.